The lowest BCUT2D eigenvalue weighted by Crippen LogP contribution is -2.19. The van der Waals surface area contributed by atoms with Crippen LogP contribution in [0.25, 0.3) is 10.9 Å². The highest BCUT2D eigenvalue weighted by Gasteiger charge is 2.32. The Labute approximate surface area is 220 Å². The predicted molar refractivity (Wildman–Crippen MR) is 139 cm³/mol. The van der Waals surface area contributed by atoms with Crippen molar-refractivity contribution in [2.45, 2.75) is 25.9 Å². The number of rotatable bonds is 5. The summed E-state index contributed by atoms with van der Waals surface area (Å²) in [5.74, 6) is 0.0121. The topological polar surface area (TPSA) is 63.9 Å². The minimum absolute atomic E-state index is 0.00222. The van der Waals surface area contributed by atoms with Gasteiger partial charge in [0.25, 0.3) is 11.8 Å². The third-order valence-corrected chi connectivity index (χ3v) is 6.74. The fourth-order valence-corrected chi connectivity index (χ4v) is 4.70. The highest BCUT2D eigenvalue weighted by molar-refractivity contribution is 6.30. The first-order valence-corrected chi connectivity index (χ1v) is 12.0. The molecule has 38 heavy (non-hydrogen) atoms. The third kappa shape index (κ3) is 4.65. The van der Waals surface area contributed by atoms with Crippen LogP contribution in [0, 0.1) is 6.92 Å². The average Bonchev–Trinajstić information content (AvgIpc) is 3.39. The Morgan fingerprint density at radius 3 is 2.37 bits per heavy atom. The predicted octanol–water partition coefficient (Wildman–Crippen LogP) is 6.65. The number of alkyl halides is 3. The van der Waals surface area contributed by atoms with Crippen molar-refractivity contribution in [2.24, 2.45) is 5.10 Å². The molecular formula is C28H21ClF3N3O3. The quantitative estimate of drug-likeness (QED) is 0.285. The van der Waals surface area contributed by atoms with Gasteiger partial charge in [0, 0.05) is 28.1 Å². The second-order valence-corrected chi connectivity index (χ2v) is 9.30. The van der Waals surface area contributed by atoms with E-state index in [2.05, 4.69) is 5.10 Å². The molecule has 0 saturated heterocycles. The molecule has 0 aliphatic carbocycles. The van der Waals surface area contributed by atoms with E-state index < -0.39 is 11.7 Å². The number of hydrogen-bond donors (Lipinski definition) is 0. The Hall–Kier alpha value is -4.11. The van der Waals surface area contributed by atoms with Crippen molar-refractivity contribution in [3.63, 3.8) is 0 Å². The summed E-state index contributed by atoms with van der Waals surface area (Å²) >= 11 is 5.99. The molecule has 4 aromatic rings. The van der Waals surface area contributed by atoms with Crippen LogP contribution in [-0.2, 0) is 17.4 Å². The van der Waals surface area contributed by atoms with Crippen LogP contribution in [0.2, 0.25) is 5.02 Å². The molecule has 10 heteroatoms. The lowest BCUT2D eigenvalue weighted by atomic mass is 10.0. The Morgan fingerprint density at radius 1 is 1.05 bits per heavy atom. The van der Waals surface area contributed by atoms with Crippen LogP contribution in [0.4, 0.5) is 18.9 Å². The first-order valence-electron chi connectivity index (χ1n) is 11.6. The number of nitrogens with zero attached hydrogens (tertiary/aromatic N) is 3. The summed E-state index contributed by atoms with van der Waals surface area (Å²) in [4.78, 5) is 26.2. The molecular weight excluding hydrogens is 519 g/mol. The van der Waals surface area contributed by atoms with Gasteiger partial charge in [0.1, 0.15) is 5.75 Å². The Morgan fingerprint density at radius 2 is 1.74 bits per heavy atom. The van der Waals surface area contributed by atoms with Gasteiger partial charge >= 0.3 is 6.18 Å². The molecule has 0 N–H and O–H groups in total. The number of carbonyl (C=O) groups is 2. The number of hydrazone groups is 1. The largest absolute Gasteiger partial charge is 0.497 e. The fourth-order valence-electron chi connectivity index (χ4n) is 4.57. The van der Waals surface area contributed by atoms with Gasteiger partial charge in [-0.15, -0.1) is 0 Å². The van der Waals surface area contributed by atoms with Crippen molar-refractivity contribution in [1.82, 2.24) is 4.57 Å². The number of benzene rings is 3. The number of hydrogen-bond acceptors (Lipinski definition) is 4. The highest BCUT2D eigenvalue weighted by Crippen LogP contribution is 2.34. The van der Waals surface area contributed by atoms with Crippen LogP contribution in [0.3, 0.4) is 0 Å². The molecule has 2 heterocycles. The third-order valence-electron chi connectivity index (χ3n) is 6.49. The number of aromatic nitrogens is 1. The summed E-state index contributed by atoms with van der Waals surface area (Å²) in [5, 5.41) is 6.82. The van der Waals surface area contributed by atoms with Gasteiger partial charge in [-0.3, -0.25) is 14.2 Å². The molecule has 0 bridgehead atoms. The first-order chi connectivity index (χ1) is 18.1. The lowest BCUT2D eigenvalue weighted by molar-refractivity contribution is -0.137. The van der Waals surface area contributed by atoms with Crippen molar-refractivity contribution < 1.29 is 27.5 Å². The van der Waals surface area contributed by atoms with E-state index in [0.717, 1.165) is 28.1 Å². The van der Waals surface area contributed by atoms with E-state index in [4.69, 9.17) is 16.3 Å². The Kier molecular flexibility index (Phi) is 6.48. The summed E-state index contributed by atoms with van der Waals surface area (Å²) in [5.41, 5.74) is 2.56. The van der Waals surface area contributed by atoms with Crippen molar-refractivity contribution in [2.75, 3.05) is 12.1 Å². The molecule has 1 aromatic heterocycles. The van der Waals surface area contributed by atoms with Crippen LogP contribution in [0.1, 0.15) is 33.6 Å². The molecule has 0 atom stereocenters. The molecule has 1 aliphatic heterocycles. The number of halogens is 4. The molecule has 0 saturated carbocycles. The number of amides is 1. The number of anilines is 1. The molecule has 3 aromatic carbocycles. The summed E-state index contributed by atoms with van der Waals surface area (Å²) in [6, 6.07) is 16.3. The molecule has 5 rings (SSSR count). The summed E-state index contributed by atoms with van der Waals surface area (Å²) in [7, 11) is 1.55. The molecule has 0 unspecified atom stereocenters. The summed E-state index contributed by atoms with van der Waals surface area (Å²) in [6.45, 7) is 1.82. The van der Waals surface area contributed by atoms with E-state index in [1.807, 2.05) is 13.0 Å². The van der Waals surface area contributed by atoms with Gasteiger partial charge in [0.2, 0.25) is 0 Å². The average molecular weight is 540 g/mol. The van der Waals surface area contributed by atoms with Gasteiger partial charge in [-0.1, -0.05) is 11.6 Å². The highest BCUT2D eigenvalue weighted by atomic mass is 35.5. The smallest absolute Gasteiger partial charge is 0.416 e. The number of methoxy groups -OCH3 is 1. The van der Waals surface area contributed by atoms with Crippen molar-refractivity contribution in [3.05, 3.63) is 94.1 Å². The Bertz CT molecular complexity index is 1590. The van der Waals surface area contributed by atoms with E-state index in [9.17, 15) is 22.8 Å². The van der Waals surface area contributed by atoms with Gasteiger partial charge in [-0.2, -0.15) is 18.3 Å². The number of carbonyl (C=O) groups excluding carboxylic acids is 2. The first kappa shape index (κ1) is 25.5. The van der Waals surface area contributed by atoms with E-state index in [1.54, 1.807) is 48.1 Å². The maximum atomic E-state index is 13.5. The monoisotopic (exact) mass is 539 g/mol. The van der Waals surface area contributed by atoms with Gasteiger partial charge in [-0.25, -0.2) is 5.01 Å². The zero-order valence-corrected chi connectivity index (χ0v) is 21.1. The van der Waals surface area contributed by atoms with Gasteiger partial charge in [-0.05, 0) is 79.2 Å². The summed E-state index contributed by atoms with van der Waals surface area (Å²) < 4.78 is 45.8. The second-order valence-electron chi connectivity index (χ2n) is 8.86. The molecule has 6 nitrogen and oxygen atoms in total. The maximum Gasteiger partial charge on any atom is 0.416 e. The van der Waals surface area contributed by atoms with E-state index >= 15 is 0 Å². The normalized spacial score (nSPS) is 13.8. The van der Waals surface area contributed by atoms with Crippen LogP contribution in [-0.4, -0.2) is 29.2 Å². The molecule has 1 amide bonds. The molecule has 194 valence electrons. The summed E-state index contributed by atoms with van der Waals surface area (Å²) in [6.07, 6.45) is -4.21. The number of fused-ring (bicyclic) bond motifs is 1. The van der Waals surface area contributed by atoms with Crippen molar-refractivity contribution in [1.29, 1.82) is 0 Å². The molecule has 0 fully saturated rings. The van der Waals surface area contributed by atoms with Gasteiger partial charge < -0.3 is 4.74 Å². The second kappa shape index (κ2) is 9.64. The van der Waals surface area contributed by atoms with Crippen LogP contribution in [0.15, 0.2) is 71.8 Å². The van der Waals surface area contributed by atoms with Crippen LogP contribution in [0.5, 0.6) is 5.75 Å². The van der Waals surface area contributed by atoms with Crippen LogP contribution >= 0.6 is 11.6 Å². The zero-order chi connectivity index (χ0) is 27.2. The van der Waals surface area contributed by atoms with Crippen molar-refractivity contribution >= 4 is 45.7 Å². The standard InChI is InChI=1S/C28H21ClF3N3O3/c1-16-23(13-20-14-26(36)35(33-20)21-9-5-18(6-10-21)28(30,31)32)24-15-22(38-2)11-12-25(24)34(16)27(37)17-3-7-19(29)8-4-17/h3-12,15H,13-14H2,1-2H3. The molecule has 0 spiro atoms. The Balaban J connectivity index is 1.53. The van der Waals surface area contributed by atoms with Crippen LogP contribution < -0.4 is 9.75 Å². The molecule has 1 aliphatic rings. The lowest BCUT2D eigenvalue weighted by Gasteiger charge is -2.13. The maximum absolute atomic E-state index is 13.5. The minimum atomic E-state index is -4.47. The SMILES string of the molecule is COc1ccc2c(c1)c(CC1=NN(c3ccc(C(F)(F)F)cc3)C(=O)C1)c(C)n2C(=O)c1ccc(Cl)cc1. The zero-order valence-electron chi connectivity index (χ0n) is 20.3. The van der Waals surface area contributed by atoms with Crippen molar-refractivity contribution in [3.8, 4) is 5.75 Å². The van der Waals surface area contributed by atoms with Gasteiger partial charge in [0.15, 0.2) is 0 Å². The number of ether oxygens (including phenoxy) is 1. The molecule has 0 radical (unpaired) electrons. The van der Waals surface area contributed by atoms with E-state index in [0.29, 0.717) is 33.3 Å². The van der Waals surface area contributed by atoms with E-state index in [-0.39, 0.29) is 30.3 Å². The minimum Gasteiger partial charge on any atom is -0.497 e. The van der Waals surface area contributed by atoms with Gasteiger partial charge in [0.05, 0.1) is 36.0 Å². The fraction of sp³-hybridized carbons (Fsp3) is 0.179. The van der Waals surface area contributed by atoms with E-state index in [1.165, 1.54) is 12.1 Å².